The molecule has 2 aromatic carbocycles. The fourth-order valence-corrected chi connectivity index (χ4v) is 2.46. The SMILES string of the molecule is OC1=C2C(=COc3ccccc32)c2ccccc2O1. The van der Waals surface area contributed by atoms with E-state index in [0.717, 1.165) is 22.4 Å². The van der Waals surface area contributed by atoms with Gasteiger partial charge in [-0.3, -0.25) is 0 Å². The third-order valence-corrected chi connectivity index (χ3v) is 3.33. The number of benzene rings is 2. The minimum atomic E-state index is -0.0827. The second-order valence-corrected chi connectivity index (χ2v) is 4.42. The molecule has 0 fully saturated rings. The minimum Gasteiger partial charge on any atom is -0.480 e. The molecule has 0 bridgehead atoms. The van der Waals surface area contributed by atoms with Crippen molar-refractivity contribution >= 4 is 11.1 Å². The second kappa shape index (κ2) is 3.65. The van der Waals surface area contributed by atoms with Crippen molar-refractivity contribution in [3.63, 3.8) is 0 Å². The Labute approximate surface area is 110 Å². The molecule has 0 atom stereocenters. The summed E-state index contributed by atoms with van der Waals surface area (Å²) < 4.78 is 11.1. The van der Waals surface area contributed by atoms with E-state index >= 15 is 0 Å². The van der Waals surface area contributed by atoms with Crippen molar-refractivity contribution in [2.45, 2.75) is 0 Å². The van der Waals surface area contributed by atoms with Crippen molar-refractivity contribution in [2.75, 3.05) is 0 Å². The van der Waals surface area contributed by atoms with Crippen LogP contribution in [-0.2, 0) is 0 Å². The number of ether oxygens (including phenoxy) is 2. The largest absolute Gasteiger partial charge is 0.480 e. The zero-order chi connectivity index (χ0) is 12.8. The molecule has 0 unspecified atom stereocenters. The van der Waals surface area contributed by atoms with Crippen molar-refractivity contribution in [3.8, 4) is 11.5 Å². The van der Waals surface area contributed by atoms with Crippen molar-refractivity contribution in [3.05, 3.63) is 71.9 Å². The Balaban J connectivity index is 1.99. The van der Waals surface area contributed by atoms with Crippen LogP contribution in [0.3, 0.4) is 0 Å². The summed E-state index contributed by atoms with van der Waals surface area (Å²) in [6.07, 6.45) is 1.66. The second-order valence-electron chi connectivity index (χ2n) is 4.42. The highest BCUT2D eigenvalue weighted by Crippen LogP contribution is 2.47. The van der Waals surface area contributed by atoms with Gasteiger partial charge in [-0.25, -0.2) is 0 Å². The molecule has 0 spiro atoms. The van der Waals surface area contributed by atoms with E-state index in [1.807, 2.05) is 48.5 Å². The Morgan fingerprint density at radius 2 is 1.47 bits per heavy atom. The lowest BCUT2D eigenvalue weighted by Crippen LogP contribution is -2.12. The number of fused-ring (bicyclic) bond motifs is 5. The normalized spacial score (nSPS) is 15.5. The molecule has 0 aromatic heterocycles. The van der Waals surface area contributed by atoms with E-state index in [-0.39, 0.29) is 5.95 Å². The van der Waals surface area contributed by atoms with Crippen LogP contribution in [0.5, 0.6) is 11.5 Å². The van der Waals surface area contributed by atoms with E-state index in [1.165, 1.54) is 0 Å². The molecule has 0 saturated carbocycles. The van der Waals surface area contributed by atoms with Crippen LogP contribution in [0, 0.1) is 0 Å². The number of aliphatic hydroxyl groups is 1. The molecule has 3 nitrogen and oxygen atoms in total. The highest BCUT2D eigenvalue weighted by atomic mass is 16.6. The van der Waals surface area contributed by atoms with Crippen LogP contribution in [-0.4, -0.2) is 5.11 Å². The van der Waals surface area contributed by atoms with E-state index in [4.69, 9.17) is 9.47 Å². The molecule has 2 aliphatic rings. The summed E-state index contributed by atoms with van der Waals surface area (Å²) in [5.74, 6) is 1.27. The Kier molecular flexibility index (Phi) is 1.97. The van der Waals surface area contributed by atoms with E-state index in [9.17, 15) is 5.11 Å². The standard InChI is InChI=1S/C16H10O3/c17-16-15-11-6-2-3-7-13(11)18-9-12(15)10-5-1-4-8-14(10)19-16/h1-9,17H. The maximum Gasteiger partial charge on any atom is 0.291 e. The van der Waals surface area contributed by atoms with Crippen molar-refractivity contribution in [1.29, 1.82) is 0 Å². The van der Waals surface area contributed by atoms with Crippen molar-refractivity contribution in [2.24, 2.45) is 0 Å². The predicted molar refractivity (Wildman–Crippen MR) is 71.7 cm³/mol. The molecule has 3 heteroatoms. The first kappa shape index (κ1) is 10.3. The fourth-order valence-electron chi connectivity index (χ4n) is 2.46. The van der Waals surface area contributed by atoms with E-state index in [0.29, 0.717) is 11.3 Å². The molecule has 0 radical (unpaired) electrons. The van der Waals surface area contributed by atoms with E-state index in [1.54, 1.807) is 6.26 Å². The Hall–Kier alpha value is -2.68. The fraction of sp³-hybridized carbons (Fsp3) is 0. The molecular weight excluding hydrogens is 240 g/mol. The first-order valence-electron chi connectivity index (χ1n) is 6.02. The van der Waals surface area contributed by atoms with Crippen LogP contribution in [0.15, 0.2) is 60.7 Å². The van der Waals surface area contributed by atoms with Gasteiger partial charge in [0.15, 0.2) is 0 Å². The molecule has 2 aliphatic heterocycles. The third-order valence-electron chi connectivity index (χ3n) is 3.33. The zero-order valence-corrected chi connectivity index (χ0v) is 9.96. The van der Waals surface area contributed by atoms with Gasteiger partial charge in [-0.05, 0) is 12.1 Å². The van der Waals surface area contributed by atoms with Gasteiger partial charge in [0.25, 0.3) is 5.95 Å². The maximum atomic E-state index is 10.2. The summed E-state index contributed by atoms with van der Waals surface area (Å²) in [4.78, 5) is 0. The molecule has 0 aliphatic carbocycles. The summed E-state index contributed by atoms with van der Waals surface area (Å²) in [7, 11) is 0. The van der Waals surface area contributed by atoms with Gasteiger partial charge in [0.1, 0.15) is 11.5 Å². The van der Waals surface area contributed by atoms with Crippen LogP contribution in [0.2, 0.25) is 0 Å². The quantitative estimate of drug-likeness (QED) is 0.774. The van der Waals surface area contributed by atoms with Crippen molar-refractivity contribution < 1.29 is 14.6 Å². The molecule has 92 valence electrons. The Bertz CT molecular complexity index is 741. The average Bonchev–Trinajstić information content (AvgIpc) is 2.46. The number of hydrogen-bond donors (Lipinski definition) is 1. The molecular formula is C16H10O3. The van der Waals surface area contributed by atoms with Crippen LogP contribution in [0.1, 0.15) is 11.1 Å². The van der Waals surface area contributed by atoms with E-state index < -0.39 is 0 Å². The predicted octanol–water partition coefficient (Wildman–Crippen LogP) is 3.74. The van der Waals surface area contributed by atoms with Gasteiger partial charge in [0, 0.05) is 16.7 Å². The summed E-state index contributed by atoms with van der Waals surface area (Å²) in [6, 6.07) is 15.2. The minimum absolute atomic E-state index is 0.0827. The topological polar surface area (TPSA) is 38.7 Å². The molecule has 0 saturated heterocycles. The van der Waals surface area contributed by atoms with Gasteiger partial charge in [-0.15, -0.1) is 0 Å². The molecule has 0 amide bonds. The first-order chi connectivity index (χ1) is 9.34. The van der Waals surface area contributed by atoms with Gasteiger partial charge in [0.2, 0.25) is 0 Å². The molecule has 2 aromatic rings. The Morgan fingerprint density at radius 1 is 0.789 bits per heavy atom. The van der Waals surface area contributed by atoms with Crippen LogP contribution in [0.4, 0.5) is 0 Å². The van der Waals surface area contributed by atoms with Crippen LogP contribution in [0.25, 0.3) is 11.1 Å². The van der Waals surface area contributed by atoms with E-state index in [2.05, 4.69) is 0 Å². The molecule has 4 rings (SSSR count). The lowest BCUT2D eigenvalue weighted by molar-refractivity contribution is 0.209. The zero-order valence-electron chi connectivity index (χ0n) is 9.96. The molecule has 19 heavy (non-hydrogen) atoms. The number of hydrogen-bond acceptors (Lipinski definition) is 3. The van der Waals surface area contributed by atoms with Gasteiger partial charge < -0.3 is 14.6 Å². The van der Waals surface area contributed by atoms with Crippen LogP contribution >= 0.6 is 0 Å². The number of para-hydroxylation sites is 2. The first-order valence-corrected chi connectivity index (χ1v) is 6.02. The molecule has 1 N–H and O–H groups in total. The van der Waals surface area contributed by atoms with Crippen molar-refractivity contribution in [1.82, 2.24) is 0 Å². The number of aliphatic hydroxyl groups excluding tert-OH is 1. The highest BCUT2D eigenvalue weighted by Gasteiger charge is 2.30. The lowest BCUT2D eigenvalue weighted by atomic mass is 9.90. The van der Waals surface area contributed by atoms with Gasteiger partial charge >= 0.3 is 0 Å². The smallest absolute Gasteiger partial charge is 0.291 e. The number of allylic oxidation sites excluding steroid dienone is 2. The summed E-state index contributed by atoms with van der Waals surface area (Å²) in [5, 5.41) is 10.2. The monoisotopic (exact) mass is 250 g/mol. The average molecular weight is 250 g/mol. The maximum absolute atomic E-state index is 10.2. The van der Waals surface area contributed by atoms with Gasteiger partial charge in [-0.2, -0.15) is 0 Å². The summed E-state index contributed by atoms with van der Waals surface area (Å²) >= 11 is 0. The lowest BCUT2D eigenvalue weighted by Gasteiger charge is -2.26. The third kappa shape index (κ3) is 1.38. The Morgan fingerprint density at radius 3 is 2.32 bits per heavy atom. The summed E-state index contributed by atoms with van der Waals surface area (Å²) in [6.45, 7) is 0. The molecule has 2 heterocycles. The van der Waals surface area contributed by atoms with Gasteiger partial charge in [-0.1, -0.05) is 36.4 Å². The number of rotatable bonds is 0. The van der Waals surface area contributed by atoms with Crippen LogP contribution < -0.4 is 9.47 Å². The highest BCUT2D eigenvalue weighted by molar-refractivity contribution is 6.09. The summed E-state index contributed by atoms with van der Waals surface area (Å²) in [5.41, 5.74) is 3.29. The van der Waals surface area contributed by atoms with Gasteiger partial charge in [0.05, 0.1) is 11.8 Å².